The number of halogens is 3. The molecule has 34 heavy (non-hydrogen) atoms. The summed E-state index contributed by atoms with van der Waals surface area (Å²) in [5.41, 5.74) is 5.21. The predicted molar refractivity (Wildman–Crippen MR) is 124 cm³/mol. The summed E-state index contributed by atoms with van der Waals surface area (Å²) in [4.78, 5) is 23.2. The number of piperazine rings is 1. The van der Waals surface area contributed by atoms with Gasteiger partial charge in [-0.3, -0.25) is 19.7 Å². The molecule has 0 unspecified atom stereocenters. The minimum absolute atomic E-state index is 0.0691. The standard InChI is InChI=1S/C25H23F3N4O2/c26-25(27,28)24(33)32-11-9-31(10-12-32)16-20-13-19-14-22(5-6-23(19)30-20)34-21-3-1-17(2-4-21)18-7-8-29-15-18/h1-8,14H,9-13,15-16H2. The molecule has 0 aromatic heterocycles. The zero-order valence-electron chi connectivity index (χ0n) is 18.4. The molecule has 3 aliphatic heterocycles. The minimum atomic E-state index is -4.82. The summed E-state index contributed by atoms with van der Waals surface area (Å²) >= 11 is 0. The van der Waals surface area contributed by atoms with Gasteiger partial charge < -0.3 is 9.64 Å². The second-order valence-electron chi connectivity index (χ2n) is 8.52. The van der Waals surface area contributed by atoms with Gasteiger partial charge in [-0.2, -0.15) is 13.2 Å². The fraction of sp³-hybridized carbons (Fsp3) is 0.320. The van der Waals surface area contributed by atoms with E-state index in [9.17, 15) is 18.0 Å². The maximum absolute atomic E-state index is 12.6. The molecule has 2 aromatic carbocycles. The Labute approximate surface area is 195 Å². The van der Waals surface area contributed by atoms with Crippen LogP contribution in [0.2, 0.25) is 0 Å². The van der Waals surface area contributed by atoms with Gasteiger partial charge in [0.2, 0.25) is 0 Å². The molecule has 3 aliphatic rings. The number of carbonyl (C=O) groups excluding carboxylic acids is 1. The van der Waals surface area contributed by atoms with E-state index in [1.807, 2.05) is 59.7 Å². The zero-order valence-corrected chi connectivity index (χ0v) is 18.4. The Balaban J connectivity index is 1.15. The van der Waals surface area contributed by atoms with E-state index in [4.69, 9.17) is 4.74 Å². The first-order valence-electron chi connectivity index (χ1n) is 11.1. The zero-order chi connectivity index (χ0) is 23.7. The molecule has 6 nitrogen and oxygen atoms in total. The van der Waals surface area contributed by atoms with Crippen molar-refractivity contribution in [3.05, 3.63) is 59.7 Å². The highest BCUT2D eigenvalue weighted by molar-refractivity contribution is 5.95. The number of ether oxygens (including phenoxy) is 1. The number of allylic oxidation sites excluding steroid dienone is 1. The van der Waals surface area contributed by atoms with Crippen molar-refractivity contribution in [3.8, 4) is 11.5 Å². The van der Waals surface area contributed by atoms with E-state index < -0.39 is 12.1 Å². The van der Waals surface area contributed by atoms with Crippen molar-refractivity contribution in [2.75, 3.05) is 39.3 Å². The van der Waals surface area contributed by atoms with Crippen LogP contribution < -0.4 is 4.74 Å². The average molecular weight is 468 g/mol. The number of rotatable bonds is 5. The lowest BCUT2D eigenvalue weighted by atomic mass is 10.1. The Morgan fingerprint density at radius 1 is 1.00 bits per heavy atom. The first kappa shape index (κ1) is 22.3. The normalized spacial score (nSPS) is 18.0. The topological polar surface area (TPSA) is 57.5 Å². The van der Waals surface area contributed by atoms with E-state index in [0.29, 0.717) is 32.6 Å². The molecule has 0 saturated carbocycles. The molecule has 0 bridgehead atoms. The van der Waals surface area contributed by atoms with Crippen molar-refractivity contribution in [2.45, 2.75) is 12.6 Å². The number of fused-ring (bicyclic) bond motifs is 1. The Kier molecular flexibility index (Phi) is 5.95. The SMILES string of the molecule is O=C(N1CCN(CC2=Nc3ccc(Oc4ccc(C5=CC=NC5)cc4)cc3C2)CC1)C(F)(F)F. The number of nitrogens with zero attached hydrogens (tertiary/aromatic N) is 4. The average Bonchev–Trinajstić information content (AvgIpc) is 3.49. The summed E-state index contributed by atoms with van der Waals surface area (Å²) in [6, 6.07) is 13.7. The summed E-state index contributed by atoms with van der Waals surface area (Å²) in [5, 5.41) is 0. The maximum Gasteiger partial charge on any atom is 0.471 e. The van der Waals surface area contributed by atoms with E-state index in [1.165, 1.54) is 5.57 Å². The van der Waals surface area contributed by atoms with Crippen LogP contribution in [0.1, 0.15) is 11.1 Å². The summed E-state index contributed by atoms with van der Waals surface area (Å²) in [6.07, 6.45) is -0.323. The second kappa shape index (κ2) is 9.06. The summed E-state index contributed by atoms with van der Waals surface area (Å²) < 4.78 is 43.9. The number of amides is 1. The van der Waals surface area contributed by atoms with Crippen LogP contribution in [0.3, 0.4) is 0 Å². The van der Waals surface area contributed by atoms with Gasteiger partial charge >= 0.3 is 12.1 Å². The van der Waals surface area contributed by atoms with Crippen LogP contribution in [0, 0.1) is 0 Å². The third-order valence-electron chi connectivity index (χ3n) is 6.14. The van der Waals surface area contributed by atoms with Gasteiger partial charge in [0, 0.05) is 51.1 Å². The van der Waals surface area contributed by atoms with Gasteiger partial charge in [-0.05, 0) is 53.1 Å². The molecule has 0 spiro atoms. The van der Waals surface area contributed by atoms with E-state index in [-0.39, 0.29) is 13.1 Å². The first-order chi connectivity index (χ1) is 16.3. The highest BCUT2D eigenvalue weighted by Crippen LogP contribution is 2.33. The van der Waals surface area contributed by atoms with Gasteiger partial charge in [-0.15, -0.1) is 0 Å². The number of aliphatic imine (C=N–C) groups is 2. The molecule has 1 amide bonds. The minimum Gasteiger partial charge on any atom is -0.457 e. The van der Waals surface area contributed by atoms with Crippen molar-refractivity contribution >= 4 is 29.1 Å². The molecule has 0 N–H and O–H groups in total. The largest absolute Gasteiger partial charge is 0.471 e. The molecule has 5 rings (SSSR count). The first-order valence-corrected chi connectivity index (χ1v) is 11.1. The van der Waals surface area contributed by atoms with Crippen LogP contribution in [0.25, 0.3) is 5.57 Å². The van der Waals surface area contributed by atoms with Crippen LogP contribution in [0.15, 0.2) is 58.5 Å². The third kappa shape index (κ3) is 4.89. The van der Waals surface area contributed by atoms with Crippen LogP contribution in [-0.4, -0.2) is 73.1 Å². The van der Waals surface area contributed by atoms with E-state index in [2.05, 4.69) is 9.98 Å². The van der Waals surface area contributed by atoms with Gasteiger partial charge in [0.05, 0.1) is 12.2 Å². The fourth-order valence-corrected chi connectivity index (χ4v) is 4.35. The summed E-state index contributed by atoms with van der Waals surface area (Å²) in [7, 11) is 0. The van der Waals surface area contributed by atoms with Crippen LogP contribution in [0.5, 0.6) is 11.5 Å². The van der Waals surface area contributed by atoms with Crippen LogP contribution >= 0.6 is 0 Å². The number of hydrogen-bond acceptors (Lipinski definition) is 5. The molecular weight excluding hydrogens is 445 g/mol. The van der Waals surface area contributed by atoms with E-state index in [0.717, 1.165) is 38.9 Å². The molecule has 0 aliphatic carbocycles. The number of benzene rings is 2. The van der Waals surface area contributed by atoms with Crippen molar-refractivity contribution in [1.29, 1.82) is 0 Å². The maximum atomic E-state index is 12.6. The Morgan fingerprint density at radius 3 is 2.41 bits per heavy atom. The molecule has 3 heterocycles. The lowest BCUT2D eigenvalue weighted by Gasteiger charge is -2.34. The molecule has 9 heteroatoms. The summed E-state index contributed by atoms with van der Waals surface area (Å²) in [5.74, 6) is -0.288. The van der Waals surface area contributed by atoms with Gasteiger partial charge in [0.15, 0.2) is 0 Å². The van der Waals surface area contributed by atoms with Gasteiger partial charge in [0.25, 0.3) is 0 Å². The van der Waals surface area contributed by atoms with Crippen LogP contribution in [-0.2, 0) is 11.2 Å². The Bertz CT molecular complexity index is 1180. The number of hydrogen-bond donors (Lipinski definition) is 0. The third-order valence-corrected chi connectivity index (χ3v) is 6.14. The molecule has 1 fully saturated rings. The van der Waals surface area contributed by atoms with Crippen molar-refractivity contribution in [1.82, 2.24) is 9.80 Å². The number of carbonyl (C=O) groups is 1. The van der Waals surface area contributed by atoms with Crippen molar-refractivity contribution < 1.29 is 22.7 Å². The van der Waals surface area contributed by atoms with Gasteiger partial charge in [-0.25, -0.2) is 0 Å². The Morgan fingerprint density at radius 2 is 1.74 bits per heavy atom. The fourth-order valence-electron chi connectivity index (χ4n) is 4.35. The lowest BCUT2D eigenvalue weighted by molar-refractivity contribution is -0.186. The molecular formula is C25H23F3N4O2. The molecule has 0 atom stereocenters. The van der Waals surface area contributed by atoms with Gasteiger partial charge in [-0.1, -0.05) is 12.1 Å². The van der Waals surface area contributed by atoms with E-state index in [1.54, 1.807) is 0 Å². The van der Waals surface area contributed by atoms with Crippen molar-refractivity contribution in [3.63, 3.8) is 0 Å². The smallest absolute Gasteiger partial charge is 0.457 e. The molecule has 176 valence electrons. The second-order valence-corrected chi connectivity index (χ2v) is 8.52. The van der Waals surface area contributed by atoms with Crippen LogP contribution in [0.4, 0.5) is 18.9 Å². The molecule has 1 saturated heterocycles. The molecule has 0 radical (unpaired) electrons. The lowest BCUT2D eigenvalue weighted by Crippen LogP contribution is -2.53. The number of alkyl halides is 3. The van der Waals surface area contributed by atoms with E-state index >= 15 is 0 Å². The monoisotopic (exact) mass is 468 g/mol. The van der Waals surface area contributed by atoms with Gasteiger partial charge in [0.1, 0.15) is 11.5 Å². The van der Waals surface area contributed by atoms with Crippen molar-refractivity contribution in [2.24, 2.45) is 9.98 Å². The Hall–Kier alpha value is -3.46. The highest BCUT2D eigenvalue weighted by Gasteiger charge is 2.43. The summed E-state index contributed by atoms with van der Waals surface area (Å²) in [6.45, 7) is 2.20. The molecule has 2 aromatic rings. The highest BCUT2D eigenvalue weighted by atomic mass is 19.4. The quantitative estimate of drug-likeness (QED) is 0.658. The predicted octanol–water partition coefficient (Wildman–Crippen LogP) is 4.28.